The predicted molar refractivity (Wildman–Crippen MR) is 107 cm³/mol. The molecule has 104 valence electrons. The number of thiol groups is 2. The standard InChI is InChI=1S/C9H20S8/c1-12-7-15-8-14-4-3-9(13-2,16-5-10)17-6-11/h10-11H,3-8H2,1-2H3. The molecule has 0 aromatic rings. The summed E-state index contributed by atoms with van der Waals surface area (Å²) in [6.07, 6.45) is 5.57. The Balaban J connectivity index is 3.82. The lowest BCUT2D eigenvalue weighted by atomic mass is 10.5. The average molecular weight is 385 g/mol. The molecular formula is C9H20S8. The van der Waals surface area contributed by atoms with Crippen LogP contribution in [-0.4, -0.2) is 42.0 Å². The van der Waals surface area contributed by atoms with Gasteiger partial charge >= 0.3 is 0 Å². The van der Waals surface area contributed by atoms with Crippen molar-refractivity contribution in [3.05, 3.63) is 0 Å². The molecule has 0 fully saturated rings. The molecule has 0 aliphatic heterocycles. The van der Waals surface area contributed by atoms with E-state index in [4.69, 9.17) is 0 Å². The van der Waals surface area contributed by atoms with Crippen LogP contribution in [0.25, 0.3) is 0 Å². The zero-order valence-corrected chi connectivity index (χ0v) is 16.8. The van der Waals surface area contributed by atoms with E-state index in [9.17, 15) is 0 Å². The van der Waals surface area contributed by atoms with E-state index in [0.29, 0.717) is 0 Å². The zero-order valence-electron chi connectivity index (χ0n) is 10.1. The highest BCUT2D eigenvalue weighted by molar-refractivity contribution is 8.36. The van der Waals surface area contributed by atoms with Crippen molar-refractivity contribution in [1.82, 2.24) is 0 Å². The first-order chi connectivity index (χ1) is 8.24. The molecule has 0 atom stereocenters. The molecule has 0 aliphatic rings. The van der Waals surface area contributed by atoms with Crippen LogP contribution in [-0.2, 0) is 0 Å². The van der Waals surface area contributed by atoms with Crippen molar-refractivity contribution in [2.45, 2.75) is 9.83 Å². The maximum atomic E-state index is 4.35. The maximum Gasteiger partial charge on any atom is 0.109 e. The molecule has 0 spiro atoms. The molecule has 0 amide bonds. The van der Waals surface area contributed by atoms with Gasteiger partial charge in [0.05, 0.1) is 0 Å². The summed E-state index contributed by atoms with van der Waals surface area (Å²) in [7, 11) is 0. The van der Waals surface area contributed by atoms with Crippen LogP contribution in [0.15, 0.2) is 0 Å². The number of hydrogen-bond donors (Lipinski definition) is 2. The van der Waals surface area contributed by atoms with Crippen LogP contribution in [0, 0.1) is 0 Å². The molecule has 0 nitrogen and oxygen atoms in total. The third kappa shape index (κ3) is 10.2. The summed E-state index contributed by atoms with van der Waals surface area (Å²) in [5.41, 5.74) is 0. The Morgan fingerprint density at radius 1 is 0.941 bits per heavy atom. The highest BCUT2D eigenvalue weighted by atomic mass is 32.3. The summed E-state index contributed by atoms with van der Waals surface area (Å²) in [6, 6.07) is 0. The summed E-state index contributed by atoms with van der Waals surface area (Å²) in [4.78, 5) is 0. The lowest BCUT2D eigenvalue weighted by Crippen LogP contribution is -2.16. The van der Waals surface area contributed by atoms with E-state index in [1.54, 1.807) is 0 Å². The molecule has 0 aromatic carbocycles. The van der Waals surface area contributed by atoms with E-state index in [2.05, 4.69) is 37.8 Å². The summed E-state index contributed by atoms with van der Waals surface area (Å²) >= 11 is 20.5. The Hall–Kier alpha value is 2.80. The third-order valence-electron chi connectivity index (χ3n) is 1.80. The van der Waals surface area contributed by atoms with Crippen LogP contribution in [0.4, 0.5) is 0 Å². The van der Waals surface area contributed by atoms with Gasteiger partial charge in [0.2, 0.25) is 0 Å². The van der Waals surface area contributed by atoms with Crippen molar-refractivity contribution >= 4 is 95.8 Å². The Morgan fingerprint density at radius 2 is 1.59 bits per heavy atom. The fraction of sp³-hybridized carbons (Fsp3) is 1.00. The van der Waals surface area contributed by atoms with Crippen molar-refractivity contribution in [3.63, 3.8) is 0 Å². The molecule has 0 unspecified atom stereocenters. The molecule has 0 rings (SSSR count). The predicted octanol–water partition coefficient (Wildman–Crippen LogP) is 5.38. The van der Waals surface area contributed by atoms with Gasteiger partial charge in [-0.3, -0.25) is 0 Å². The van der Waals surface area contributed by atoms with E-state index < -0.39 is 0 Å². The normalized spacial score (nSPS) is 12.0. The summed E-state index contributed by atoms with van der Waals surface area (Å²) in [5.74, 6) is 1.23. The van der Waals surface area contributed by atoms with E-state index >= 15 is 0 Å². The van der Waals surface area contributed by atoms with Crippen LogP contribution in [0.3, 0.4) is 0 Å². The minimum atomic E-state index is 0.251. The van der Waals surface area contributed by atoms with Gasteiger partial charge in [0.15, 0.2) is 0 Å². The molecular weight excluding hydrogens is 365 g/mol. The Morgan fingerprint density at radius 3 is 2.06 bits per heavy atom. The molecule has 0 saturated heterocycles. The van der Waals surface area contributed by atoms with E-state index in [0.717, 1.165) is 10.2 Å². The molecule has 0 aromatic heterocycles. The average Bonchev–Trinajstić information content (AvgIpc) is 2.34. The van der Waals surface area contributed by atoms with E-state index in [-0.39, 0.29) is 3.41 Å². The zero-order chi connectivity index (χ0) is 13.0. The smallest absolute Gasteiger partial charge is 0.109 e. The van der Waals surface area contributed by atoms with Gasteiger partial charge < -0.3 is 0 Å². The Kier molecular flexibility index (Phi) is 16.0. The molecule has 0 bridgehead atoms. The van der Waals surface area contributed by atoms with E-state index in [1.807, 2.05) is 70.6 Å². The fourth-order valence-corrected chi connectivity index (χ4v) is 9.91. The number of hydrogen-bond acceptors (Lipinski definition) is 8. The van der Waals surface area contributed by atoms with Gasteiger partial charge in [-0.2, -0.15) is 48.8 Å². The van der Waals surface area contributed by atoms with Gasteiger partial charge in [-0.05, 0) is 24.7 Å². The van der Waals surface area contributed by atoms with Gasteiger partial charge in [0, 0.05) is 20.3 Å². The molecule has 0 aliphatic carbocycles. The first-order valence-electron chi connectivity index (χ1n) is 4.94. The first-order valence-corrected chi connectivity index (χ1v) is 13.1. The van der Waals surface area contributed by atoms with Crippen molar-refractivity contribution in [2.24, 2.45) is 0 Å². The largest absolute Gasteiger partial charge is 0.168 e. The maximum absolute atomic E-state index is 4.35. The summed E-state index contributed by atoms with van der Waals surface area (Å²) < 4.78 is 0.251. The molecule has 0 N–H and O–H groups in total. The second kappa shape index (κ2) is 13.8. The minimum absolute atomic E-state index is 0.251. The van der Waals surface area contributed by atoms with Crippen LogP contribution in [0.5, 0.6) is 0 Å². The van der Waals surface area contributed by atoms with Crippen LogP contribution in [0.1, 0.15) is 6.42 Å². The third-order valence-corrected chi connectivity index (χ3v) is 10.8. The number of thioether (sulfide) groups is 6. The van der Waals surface area contributed by atoms with Crippen molar-refractivity contribution in [2.75, 3.05) is 38.6 Å². The molecule has 0 radical (unpaired) electrons. The van der Waals surface area contributed by atoms with E-state index in [1.165, 1.54) is 22.3 Å². The van der Waals surface area contributed by atoms with Gasteiger partial charge in [-0.15, -0.1) is 47.0 Å². The Bertz CT molecular complexity index is 159. The SMILES string of the molecule is CSCSCSCCC(SC)(SCS)SCS. The summed E-state index contributed by atoms with van der Waals surface area (Å²) in [5, 5.41) is 4.18. The quantitative estimate of drug-likeness (QED) is 0.261. The summed E-state index contributed by atoms with van der Waals surface area (Å²) in [6.45, 7) is 0. The molecule has 8 heteroatoms. The number of rotatable bonds is 12. The monoisotopic (exact) mass is 384 g/mol. The fourth-order valence-electron chi connectivity index (χ4n) is 1.03. The molecule has 0 heterocycles. The van der Waals surface area contributed by atoms with Crippen LogP contribution >= 0.6 is 95.8 Å². The lowest BCUT2D eigenvalue weighted by Gasteiger charge is -2.29. The topological polar surface area (TPSA) is 0 Å². The van der Waals surface area contributed by atoms with Gasteiger partial charge in [0.25, 0.3) is 0 Å². The second-order valence-corrected chi connectivity index (χ2v) is 12.4. The van der Waals surface area contributed by atoms with Gasteiger partial charge in [-0.25, -0.2) is 0 Å². The first kappa shape index (κ1) is 19.8. The van der Waals surface area contributed by atoms with Crippen LogP contribution < -0.4 is 0 Å². The lowest BCUT2D eigenvalue weighted by molar-refractivity contribution is 1.03. The molecule has 17 heavy (non-hydrogen) atoms. The van der Waals surface area contributed by atoms with Crippen molar-refractivity contribution in [1.29, 1.82) is 0 Å². The van der Waals surface area contributed by atoms with Gasteiger partial charge in [-0.1, -0.05) is 0 Å². The van der Waals surface area contributed by atoms with Crippen molar-refractivity contribution in [3.8, 4) is 0 Å². The minimum Gasteiger partial charge on any atom is -0.168 e. The van der Waals surface area contributed by atoms with Gasteiger partial charge in [0.1, 0.15) is 3.41 Å². The highest BCUT2D eigenvalue weighted by Gasteiger charge is 2.28. The Labute approximate surface area is 143 Å². The molecule has 0 saturated carbocycles. The van der Waals surface area contributed by atoms with Crippen LogP contribution in [0.2, 0.25) is 0 Å². The van der Waals surface area contributed by atoms with Crippen molar-refractivity contribution < 1.29 is 0 Å². The second-order valence-electron chi connectivity index (χ2n) is 2.82. The highest BCUT2D eigenvalue weighted by Crippen LogP contribution is 2.49.